The van der Waals surface area contributed by atoms with Gasteiger partial charge < -0.3 is 10.1 Å². The number of amides is 1. The molecule has 0 heterocycles. The minimum atomic E-state index is -0.348. The lowest BCUT2D eigenvalue weighted by Crippen LogP contribution is -2.14. The van der Waals surface area contributed by atoms with Crippen LogP contribution in [-0.4, -0.2) is 19.1 Å². The summed E-state index contributed by atoms with van der Waals surface area (Å²) < 4.78 is 18.4. The van der Waals surface area contributed by atoms with E-state index in [1.54, 1.807) is 0 Å². The number of carbonyl (C=O) groups excluding carboxylic acids is 1. The molecule has 0 aromatic heterocycles. The zero-order valence-corrected chi connectivity index (χ0v) is 10.5. The lowest BCUT2D eigenvalue weighted by Gasteiger charge is -2.07. The molecule has 1 N–H and O–H groups in total. The van der Waals surface area contributed by atoms with Crippen LogP contribution in [0.25, 0.3) is 0 Å². The number of nitrogens with one attached hydrogen (secondary N) is 1. The van der Waals surface area contributed by atoms with Gasteiger partial charge in [0.15, 0.2) is 0 Å². The minimum absolute atomic E-state index is 0.152. The Morgan fingerprint density at radius 2 is 2.31 bits per heavy atom. The van der Waals surface area contributed by atoms with E-state index in [2.05, 4.69) is 21.2 Å². The fourth-order valence-electron chi connectivity index (χ4n) is 1.11. The van der Waals surface area contributed by atoms with E-state index in [1.165, 1.54) is 18.2 Å². The molecule has 0 spiro atoms. The fourth-order valence-corrected chi connectivity index (χ4v) is 1.56. The van der Waals surface area contributed by atoms with Crippen LogP contribution in [-0.2, 0) is 9.53 Å². The summed E-state index contributed by atoms with van der Waals surface area (Å²) in [5.41, 5.74) is 0.558. The van der Waals surface area contributed by atoms with Gasteiger partial charge in [-0.1, -0.05) is 0 Å². The molecule has 0 bridgehead atoms. The predicted molar refractivity (Wildman–Crippen MR) is 63.8 cm³/mol. The number of hydrogen-bond donors (Lipinski definition) is 1. The van der Waals surface area contributed by atoms with Crippen molar-refractivity contribution in [3.63, 3.8) is 0 Å². The van der Waals surface area contributed by atoms with E-state index in [0.717, 1.165) is 0 Å². The summed E-state index contributed by atoms with van der Waals surface area (Å²) in [6.07, 6.45) is 0.289. The monoisotopic (exact) mass is 289 g/mol. The van der Waals surface area contributed by atoms with Crippen molar-refractivity contribution in [2.24, 2.45) is 0 Å². The van der Waals surface area contributed by atoms with Crippen LogP contribution in [0.5, 0.6) is 0 Å². The first kappa shape index (κ1) is 13.1. The second kappa shape index (κ2) is 6.60. The van der Waals surface area contributed by atoms with Gasteiger partial charge in [-0.25, -0.2) is 4.39 Å². The molecule has 0 fully saturated rings. The molecule has 0 aliphatic heterocycles. The summed E-state index contributed by atoms with van der Waals surface area (Å²) in [6.45, 7) is 2.85. The number of carbonyl (C=O) groups is 1. The number of anilines is 1. The first-order valence-corrected chi connectivity index (χ1v) is 5.75. The van der Waals surface area contributed by atoms with Crippen LogP contribution in [0, 0.1) is 5.82 Å². The van der Waals surface area contributed by atoms with Gasteiger partial charge in [0, 0.05) is 11.1 Å². The summed E-state index contributed by atoms with van der Waals surface area (Å²) in [5.74, 6) is -0.500. The molecular formula is C11H13BrFNO2. The zero-order valence-electron chi connectivity index (χ0n) is 8.93. The van der Waals surface area contributed by atoms with E-state index >= 15 is 0 Å². The van der Waals surface area contributed by atoms with E-state index < -0.39 is 0 Å². The Morgan fingerprint density at radius 1 is 1.56 bits per heavy atom. The Kier molecular flexibility index (Phi) is 5.42. The van der Waals surface area contributed by atoms with Gasteiger partial charge in [-0.15, -0.1) is 0 Å². The Hall–Kier alpha value is -0.940. The second-order valence-corrected chi connectivity index (χ2v) is 3.97. The van der Waals surface area contributed by atoms with Crippen molar-refractivity contribution in [1.29, 1.82) is 0 Å². The highest BCUT2D eigenvalue weighted by Gasteiger charge is 2.06. The van der Waals surface area contributed by atoms with Gasteiger partial charge in [-0.2, -0.15) is 0 Å². The van der Waals surface area contributed by atoms with Crippen LogP contribution >= 0.6 is 15.9 Å². The minimum Gasteiger partial charge on any atom is -0.381 e. The Balaban J connectivity index is 2.49. The molecule has 0 atom stereocenters. The molecule has 0 aliphatic carbocycles. The number of benzene rings is 1. The van der Waals surface area contributed by atoms with Crippen LogP contribution < -0.4 is 5.32 Å². The van der Waals surface area contributed by atoms with E-state index in [9.17, 15) is 9.18 Å². The maximum Gasteiger partial charge on any atom is 0.226 e. The predicted octanol–water partition coefficient (Wildman–Crippen LogP) is 2.95. The van der Waals surface area contributed by atoms with Crippen LogP contribution in [0.2, 0.25) is 0 Å². The average molecular weight is 290 g/mol. The molecule has 1 amide bonds. The Bertz CT molecular complexity index is 371. The third kappa shape index (κ3) is 4.28. The molecule has 0 saturated heterocycles. The van der Waals surface area contributed by atoms with E-state index in [1.807, 2.05) is 6.92 Å². The van der Waals surface area contributed by atoms with Gasteiger partial charge in [-0.3, -0.25) is 4.79 Å². The third-order valence-electron chi connectivity index (χ3n) is 1.88. The van der Waals surface area contributed by atoms with Gasteiger partial charge in [-0.05, 0) is 41.1 Å². The van der Waals surface area contributed by atoms with E-state index in [0.29, 0.717) is 23.4 Å². The molecule has 5 heteroatoms. The van der Waals surface area contributed by atoms with Crippen LogP contribution in [0.3, 0.4) is 0 Å². The number of rotatable bonds is 5. The standard InChI is InChI=1S/C11H13BrFNO2/c1-2-16-6-5-11(15)14-10-4-3-8(13)7-9(10)12/h3-4,7H,2,5-6H2,1H3,(H,14,15). The molecule has 16 heavy (non-hydrogen) atoms. The van der Waals surface area contributed by atoms with E-state index in [-0.39, 0.29) is 18.1 Å². The zero-order chi connectivity index (χ0) is 12.0. The van der Waals surface area contributed by atoms with Gasteiger partial charge in [0.1, 0.15) is 5.82 Å². The summed E-state index contributed by atoms with van der Waals surface area (Å²) in [5, 5.41) is 2.66. The van der Waals surface area contributed by atoms with Crippen molar-refractivity contribution in [2.45, 2.75) is 13.3 Å². The number of ether oxygens (including phenoxy) is 1. The highest BCUT2D eigenvalue weighted by molar-refractivity contribution is 9.10. The lowest BCUT2D eigenvalue weighted by molar-refractivity contribution is -0.117. The molecule has 0 radical (unpaired) electrons. The first-order valence-electron chi connectivity index (χ1n) is 4.96. The summed E-state index contributed by atoms with van der Waals surface area (Å²) in [6, 6.07) is 4.11. The van der Waals surface area contributed by atoms with Crippen molar-refractivity contribution in [1.82, 2.24) is 0 Å². The van der Waals surface area contributed by atoms with Crippen LogP contribution in [0.15, 0.2) is 22.7 Å². The smallest absolute Gasteiger partial charge is 0.226 e. The Labute approximate surface area is 102 Å². The first-order chi connectivity index (χ1) is 7.63. The van der Waals surface area contributed by atoms with Crippen LogP contribution in [0.1, 0.15) is 13.3 Å². The summed E-state index contributed by atoms with van der Waals surface area (Å²) >= 11 is 3.17. The highest BCUT2D eigenvalue weighted by atomic mass is 79.9. The maximum absolute atomic E-state index is 12.8. The van der Waals surface area contributed by atoms with Crippen molar-refractivity contribution in [3.05, 3.63) is 28.5 Å². The highest BCUT2D eigenvalue weighted by Crippen LogP contribution is 2.22. The van der Waals surface area contributed by atoms with Crippen molar-refractivity contribution < 1.29 is 13.9 Å². The van der Waals surface area contributed by atoms with Gasteiger partial charge in [0.2, 0.25) is 5.91 Å². The maximum atomic E-state index is 12.8. The molecule has 1 rings (SSSR count). The Morgan fingerprint density at radius 3 is 2.94 bits per heavy atom. The number of halogens is 2. The molecule has 0 aliphatic rings. The summed E-state index contributed by atoms with van der Waals surface area (Å²) in [7, 11) is 0. The second-order valence-electron chi connectivity index (χ2n) is 3.12. The van der Waals surface area contributed by atoms with E-state index in [4.69, 9.17) is 4.74 Å². The quantitative estimate of drug-likeness (QED) is 0.847. The lowest BCUT2D eigenvalue weighted by atomic mass is 10.3. The topological polar surface area (TPSA) is 38.3 Å². The number of hydrogen-bond acceptors (Lipinski definition) is 2. The normalized spacial score (nSPS) is 10.2. The van der Waals surface area contributed by atoms with Gasteiger partial charge >= 0.3 is 0 Å². The van der Waals surface area contributed by atoms with Crippen LogP contribution in [0.4, 0.5) is 10.1 Å². The largest absolute Gasteiger partial charge is 0.381 e. The van der Waals surface area contributed by atoms with Gasteiger partial charge in [0.05, 0.1) is 18.7 Å². The van der Waals surface area contributed by atoms with Crippen molar-refractivity contribution >= 4 is 27.5 Å². The molecular weight excluding hydrogens is 277 g/mol. The van der Waals surface area contributed by atoms with Crippen molar-refractivity contribution in [3.8, 4) is 0 Å². The molecule has 3 nitrogen and oxygen atoms in total. The summed E-state index contributed by atoms with van der Waals surface area (Å²) in [4.78, 5) is 11.4. The molecule has 0 unspecified atom stereocenters. The van der Waals surface area contributed by atoms with Gasteiger partial charge in [0.25, 0.3) is 0 Å². The SMILES string of the molecule is CCOCCC(=O)Nc1ccc(F)cc1Br. The third-order valence-corrected chi connectivity index (χ3v) is 2.54. The molecule has 1 aromatic carbocycles. The van der Waals surface area contributed by atoms with Crippen molar-refractivity contribution in [2.75, 3.05) is 18.5 Å². The molecule has 1 aromatic rings. The molecule has 88 valence electrons. The average Bonchev–Trinajstić information content (AvgIpc) is 2.23. The molecule has 0 saturated carbocycles. The fraction of sp³-hybridized carbons (Fsp3) is 0.364.